The number of carbonyl (C=O) groups excluding carboxylic acids is 1. The highest BCUT2D eigenvalue weighted by atomic mass is 16.5. The van der Waals surface area contributed by atoms with E-state index in [1.807, 2.05) is 54.6 Å². The number of nitrogens with one attached hydrogen (secondary N) is 2. The van der Waals surface area contributed by atoms with Gasteiger partial charge in [-0.25, -0.2) is 4.79 Å². The van der Waals surface area contributed by atoms with Crippen molar-refractivity contribution in [3.8, 4) is 5.75 Å². The van der Waals surface area contributed by atoms with Gasteiger partial charge in [0.05, 0.1) is 19.8 Å². The summed E-state index contributed by atoms with van der Waals surface area (Å²) in [5, 5.41) is 15.2. The number of carbonyl (C=O) groups is 1. The Balaban J connectivity index is 1.78. The molecule has 5 nitrogen and oxygen atoms in total. The summed E-state index contributed by atoms with van der Waals surface area (Å²) in [7, 11) is 1.65. The molecule has 25 heavy (non-hydrogen) atoms. The molecule has 134 valence electrons. The van der Waals surface area contributed by atoms with Gasteiger partial charge in [-0.2, -0.15) is 0 Å². The maximum atomic E-state index is 12.1. The summed E-state index contributed by atoms with van der Waals surface area (Å²) in [6.07, 6.45) is 0.867. The summed E-state index contributed by atoms with van der Waals surface area (Å²) in [5.74, 6) is 1.13. The van der Waals surface area contributed by atoms with Crippen molar-refractivity contribution in [2.24, 2.45) is 5.92 Å². The Hall–Kier alpha value is -2.53. The van der Waals surface area contributed by atoms with Crippen LogP contribution in [0.4, 0.5) is 4.79 Å². The molecule has 0 aliphatic heterocycles. The topological polar surface area (TPSA) is 70.6 Å². The number of aliphatic hydroxyl groups excluding tert-OH is 1. The van der Waals surface area contributed by atoms with E-state index in [1.165, 1.54) is 5.56 Å². The number of ether oxygens (including phenoxy) is 1. The molecule has 2 atom stereocenters. The highest BCUT2D eigenvalue weighted by Crippen LogP contribution is 2.14. The minimum absolute atomic E-state index is 0.140. The quantitative estimate of drug-likeness (QED) is 0.691. The average Bonchev–Trinajstić information content (AvgIpc) is 2.65. The number of amides is 2. The van der Waals surface area contributed by atoms with E-state index >= 15 is 0 Å². The third kappa shape index (κ3) is 6.12. The first-order valence-electron chi connectivity index (χ1n) is 8.45. The third-order valence-corrected chi connectivity index (χ3v) is 4.04. The predicted octanol–water partition coefficient (Wildman–Crippen LogP) is 2.91. The standard InChI is InChI=1S/C20H26N2O3/c1-15(12-16-8-10-18(25-2)11-9-16)13-21-20(24)22-19(14-23)17-6-4-3-5-7-17/h3-11,15,19,23H,12-14H2,1-2H3,(H2,21,22,24). The Morgan fingerprint density at radius 2 is 1.80 bits per heavy atom. The Bertz CT molecular complexity index is 644. The van der Waals surface area contributed by atoms with Crippen LogP contribution in [0.3, 0.4) is 0 Å². The molecule has 0 radical (unpaired) electrons. The fourth-order valence-electron chi connectivity index (χ4n) is 2.63. The second-order valence-corrected chi connectivity index (χ2v) is 6.16. The molecule has 0 aliphatic rings. The van der Waals surface area contributed by atoms with Crippen LogP contribution in [-0.2, 0) is 6.42 Å². The van der Waals surface area contributed by atoms with Gasteiger partial charge in [-0.15, -0.1) is 0 Å². The lowest BCUT2D eigenvalue weighted by molar-refractivity contribution is 0.216. The van der Waals surface area contributed by atoms with E-state index < -0.39 is 6.04 Å². The highest BCUT2D eigenvalue weighted by molar-refractivity contribution is 5.74. The molecular formula is C20H26N2O3. The van der Waals surface area contributed by atoms with Crippen molar-refractivity contribution < 1.29 is 14.6 Å². The van der Waals surface area contributed by atoms with Crippen molar-refractivity contribution >= 4 is 6.03 Å². The van der Waals surface area contributed by atoms with Gasteiger partial charge in [0.15, 0.2) is 0 Å². The summed E-state index contributed by atoms with van der Waals surface area (Å²) in [6, 6.07) is 16.7. The first-order valence-corrected chi connectivity index (χ1v) is 8.45. The van der Waals surface area contributed by atoms with Crippen molar-refractivity contribution in [2.75, 3.05) is 20.3 Å². The monoisotopic (exact) mass is 342 g/mol. The molecule has 0 fully saturated rings. The average molecular weight is 342 g/mol. The van der Waals surface area contributed by atoms with Gasteiger partial charge in [0.2, 0.25) is 0 Å². The maximum absolute atomic E-state index is 12.1. The first kappa shape index (κ1) is 18.8. The number of aliphatic hydroxyl groups is 1. The molecule has 2 aromatic rings. The van der Waals surface area contributed by atoms with Crippen LogP contribution in [0.1, 0.15) is 24.1 Å². The van der Waals surface area contributed by atoms with Gasteiger partial charge in [-0.1, -0.05) is 49.4 Å². The Morgan fingerprint density at radius 3 is 2.40 bits per heavy atom. The van der Waals surface area contributed by atoms with E-state index in [4.69, 9.17) is 4.74 Å². The SMILES string of the molecule is COc1ccc(CC(C)CNC(=O)NC(CO)c2ccccc2)cc1. The minimum Gasteiger partial charge on any atom is -0.497 e. The van der Waals surface area contributed by atoms with E-state index in [0.29, 0.717) is 12.5 Å². The van der Waals surface area contributed by atoms with Gasteiger partial charge in [0.25, 0.3) is 0 Å². The molecular weight excluding hydrogens is 316 g/mol. The molecule has 2 amide bonds. The molecule has 3 N–H and O–H groups in total. The summed E-state index contributed by atoms with van der Waals surface area (Å²) < 4.78 is 5.15. The molecule has 0 aliphatic carbocycles. The summed E-state index contributed by atoms with van der Waals surface area (Å²) in [5.41, 5.74) is 2.08. The zero-order chi connectivity index (χ0) is 18.1. The first-order chi connectivity index (χ1) is 12.1. The minimum atomic E-state index is -0.405. The third-order valence-electron chi connectivity index (χ3n) is 4.04. The van der Waals surface area contributed by atoms with E-state index in [1.54, 1.807) is 7.11 Å². The van der Waals surface area contributed by atoms with E-state index in [-0.39, 0.29) is 12.6 Å². The van der Waals surface area contributed by atoms with Gasteiger partial charge in [0.1, 0.15) is 5.75 Å². The molecule has 0 spiro atoms. The van der Waals surface area contributed by atoms with Gasteiger partial charge in [0, 0.05) is 6.54 Å². The fourth-order valence-corrected chi connectivity index (χ4v) is 2.63. The molecule has 0 bridgehead atoms. The van der Waals surface area contributed by atoms with Gasteiger partial charge < -0.3 is 20.5 Å². The number of hydrogen-bond acceptors (Lipinski definition) is 3. The lowest BCUT2D eigenvalue weighted by Gasteiger charge is -2.19. The number of hydrogen-bond donors (Lipinski definition) is 3. The van der Waals surface area contributed by atoms with Crippen LogP contribution < -0.4 is 15.4 Å². The largest absolute Gasteiger partial charge is 0.497 e. The Labute approximate surface area is 149 Å². The molecule has 0 aromatic heterocycles. The van der Waals surface area contributed by atoms with Gasteiger partial charge in [-0.05, 0) is 35.6 Å². The Morgan fingerprint density at radius 1 is 1.12 bits per heavy atom. The van der Waals surface area contributed by atoms with E-state index in [0.717, 1.165) is 17.7 Å². The second kappa shape index (κ2) is 9.69. The lowest BCUT2D eigenvalue weighted by atomic mass is 10.0. The highest BCUT2D eigenvalue weighted by Gasteiger charge is 2.13. The Kier molecular flexibility index (Phi) is 7.29. The van der Waals surface area contributed by atoms with Crippen LogP contribution in [0.2, 0.25) is 0 Å². The molecule has 2 aromatic carbocycles. The van der Waals surface area contributed by atoms with E-state index in [9.17, 15) is 9.90 Å². The second-order valence-electron chi connectivity index (χ2n) is 6.16. The summed E-state index contributed by atoms with van der Waals surface area (Å²) in [4.78, 5) is 12.1. The van der Waals surface area contributed by atoms with Crippen molar-refractivity contribution in [3.63, 3.8) is 0 Å². The zero-order valence-corrected chi connectivity index (χ0v) is 14.7. The molecule has 2 rings (SSSR count). The van der Waals surface area contributed by atoms with Crippen LogP contribution in [0, 0.1) is 5.92 Å². The number of urea groups is 1. The number of methoxy groups -OCH3 is 1. The normalized spacial score (nSPS) is 12.9. The molecule has 2 unspecified atom stereocenters. The smallest absolute Gasteiger partial charge is 0.315 e. The lowest BCUT2D eigenvalue weighted by Crippen LogP contribution is -2.41. The van der Waals surface area contributed by atoms with Crippen LogP contribution in [0.5, 0.6) is 5.75 Å². The molecule has 0 heterocycles. The van der Waals surface area contributed by atoms with E-state index in [2.05, 4.69) is 17.6 Å². The zero-order valence-electron chi connectivity index (χ0n) is 14.7. The maximum Gasteiger partial charge on any atom is 0.315 e. The molecule has 0 saturated carbocycles. The summed E-state index contributed by atoms with van der Waals surface area (Å²) >= 11 is 0. The van der Waals surface area contributed by atoms with Crippen LogP contribution >= 0.6 is 0 Å². The predicted molar refractivity (Wildman–Crippen MR) is 98.7 cm³/mol. The van der Waals surface area contributed by atoms with Crippen molar-refractivity contribution in [3.05, 3.63) is 65.7 Å². The molecule has 0 saturated heterocycles. The van der Waals surface area contributed by atoms with Crippen molar-refractivity contribution in [1.29, 1.82) is 0 Å². The fraction of sp³-hybridized carbons (Fsp3) is 0.350. The number of benzene rings is 2. The van der Waals surface area contributed by atoms with Crippen LogP contribution in [-0.4, -0.2) is 31.4 Å². The molecule has 5 heteroatoms. The van der Waals surface area contributed by atoms with Crippen molar-refractivity contribution in [1.82, 2.24) is 10.6 Å². The van der Waals surface area contributed by atoms with Gasteiger partial charge >= 0.3 is 6.03 Å². The van der Waals surface area contributed by atoms with Crippen LogP contribution in [0.25, 0.3) is 0 Å². The van der Waals surface area contributed by atoms with Crippen LogP contribution in [0.15, 0.2) is 54.6 Å². The van der Waals surface area contributed by atoms with Gasteiger partial charge in [-0.3, -0.25) is 0 Å². The number of rotatable bonds is 8. The summed E-state index contributed by atoms with van der Waals surface area (Å²) in [6.45, 7) is 2.51. The van der Waals surface area contributed by atoms with Crippen molar-refractivity contribution in [2.45, 2.75) is 19.4 Å².